The second kappa shape index (κ2) is 7.61. The Hall–Kier alpha value is -2.33. The van der Waals surface area contributed by atoms with E-state index < -0.39 is 6.10 Å². The van der Waals surface area contributed by atoms with Gasteiger partial charge in [0.2, 0.25) is 0 Å². The minimum absolute atomic E-state index is 0.0744. The summed E-state index contributed by atoms with van der Waals surface area (Å²) in [6, 6.07) is 14.4. The molecule has 0 spiro atoms. The molecule has 0 fully saturated rings. The predicted molar refractivity (Wildman–Crippen MR) is 84.7 cm³/mol. The molecule has 0 saturated heterocycles. The number of methoxy groups -OCH3 is 2. The SMILES string of the molecule is CCOC(C(=O)c1ccc(OC)cc1)c1ccc(OC)cc1. The van der Waals surface area contributed by atoms with Gasteiger partial charge in [0.1, 0.15) is 17.6 Å². The van der Waals surface area contributed by atoms with E-state index in [2.05, 4.69) is 0 Å². The Balaban J connectivity index is 2.26. The van der Waals surface area contributed by atoms with Crippen LogP contribution in [0.25, 0.3) is 0 Å². The molecule has 22 heavy (non-hydrogen) atoms. The third kappa shape index (κ3) is 3.65. The van der Waals surface area contributed by atoms with Crippen LogP contribution in [-0.4, -0.2) is 26.6 Å². The summed E-state index contributed by atoms with van der Waals surface area (Å²) in [6.45, 7) is 2.33. The minimum Gasteiger partial charge on any atom is -0.497 e. The molecular weight excluding hydrogens is 280 g/mol. The standard InChI is InChI=1S/C18H20O4/c1-4-22-18(14-7-11-16(21-3)12-8-14)17(19)13-5-9-15(20-2)10-6-13/h5-12,18H,4H2,1-3H3. The minimum atomic E-state index is -0.621. The van der Waals surface area contributed by atoms with Crippen molar-refractivity contribution in [2.45, 2.75) is 13.0 Å². The van der Waals surface area contributed by atoms with Crippen molar-refractivity contribution in [3.8, 4) is 11.5 Å². The lowest BCUT2D eigenvalue weighted by Crippen LogP contribution is -2.16. The molecule has 0 saturated carbocycles. The normalized spacial score (nSPS) is 11.8. The van der Waals surface area contributed by atoms with E-state index in [0.717, 1.165) is 11.3 Å². The molecule has 4 nitrogen and oxygen atoms in total. The molecule has 0 amide bonds. The fraction of sp³-hybridized carbons (Fsp3) is 0.278. The third-order valence-corrected chi connectivity index (χ3v) is 3.36. The smallest absolute Gasteiger partial charge is 0.196 e. The summed E-state index contributed by atoms with van der Waals surface area (Å²) in [4.78, 5) is 12.7. The summed E-state index contributed by atoms with van der Waals surface area (Å²) < 4.78 is 15.9. The van der Waals surface area contributed by atoms with E-state index in [0.29, 0.717) is 17.9 Å². The molecule has 2 aromatic carbocycles. The highest BCUT2D eigenvalue weighted by Gasteiger charge is 2.22. The van der Waals surface area contributed by atoms with E-state index in [1.165, 1.54) is 0 Å². The molecule has 0 aliphatic carbocycles. The van der Waals surface area contributed by atoms with Gasteiger partial charge in [0.15, 0.2) is 5.78 Å². The van der Waals surface area contributed by atoms with Gasteiger partial charge in [0.05, 0.1) is 14.2 Å². The van der Waals surface area contributed by atoms with Crippen LogP contribution in [0.4, 0.5) is 0 Å². The van der Waals surface area contributed by atoms with Gasteiger partial charge in [0, 0.05) is 12.2 Å². The van der Waals surface area contributed by atoms with Crippen LogP contribution in [0.1, 0.15) is 28.9 Å². The first kappa shape index (κ1) is 16.0. The molecule has 0 heterocycles. The monoisotopic (exact) mass is 300 g/mol. The lowest BCUT2D eigenvalue weighted by molar-refractivity contribution is 0.0452. The zero-order chi connectivity index (χ0) is 15.9. The van der Waals surface area contributed by atoms with Gasteiger partial charge < -0.3 is 14.2 Å². The van der Waals surface area contributed by atoms with Crippen LogP contribution in [0.2, 0.25) is 0 Å². The van der Waals surface area contributed by atoms with Gasteiger partial charge in [-0.2, -0.15) is 0 Å². The number of carbonyl (C=O) groups is 1. The van der Waals surface area contributed by atoms with Gasteiger partial charge in [0.25, 0.3) is 0 Å². The fourth-order valence-corrected chi connectivity index (χ4v) is 2.18. The molecule has 0 aromatic heterocycles. The van der Waals surface area contributed by atoms with Gasteiger partial charge in [-0.1, -0.05) is 12.1 Å². The van der Waals surface area contributed by atoms with E-state index in [1.807, 2.05) is 31.2 Å². The number of benzene rings is 2. The summed E-state index contributed by atoms with van der Waals surface area (Å²) in [5.74, 6) is 1.39. The van der Waals surface area contributed by atoms with Crippen LogP contribution in [0.5, 0.6) is 11.5 Å². The van der Waals surface area contributed by atoms with Gasteiger partial charge >= 0.3 is 0 Å². The van der Waals surface area contributed by atoms with Crippen molar-refractivity contribution < 1.29 is 19.0 Å². The molecule has 0 N–H and O–H groups in total. The molecule has 2 rings (SSSR count). The van der Waals surface area contributed by atoms with E-state index in [-0.39, 0.29) is 5.78 Å². The Morgan fingerprint density at radius 1 is 0.909 bits per heavy atom. The number of hydrogen-bond acceptors (Lipinski definition) is 4. The molecule has 4 heteroatoms. The van der Waals surface area contributed by atoms with Crippen molar-refractivity contribution >= 4 is 5.78 Å². The maximum Gasteiger partial charge on any atom is 0.196 e. The lowest BCUT2D eigenvalue weighted by Gasteiger charge is -2.17. The van der Waals surface area contributed by atoms with Crippen molar-refractivity contribution in [2.75, 3.05) is 20.8 Å². The maximum absolute atomic E-state index is 12.7. The zero-order valence-electron chi connectivity index (χ0n) is 13.0. The van der Waals surface area contributed by atoms with Crippen molar-refractivity contribution in [3.63, 3.8) is 0 Å². The summed E-state index contributed by atoms with van der Waals surface area (Å²) in [7, 11) is 3.20. The average Bonchev–Trinajstić information content (AvgIpc) is 2.59. The molecule has 2 aromatic rings. The maximum atomic E-state index is 12.7. The first-order valence-corrected chi connectivity index (χ1v) is 7.13. The predicted octanol–water partition coefficient (Wildman–Crippen LogP) is 3.66. The van der Waals surface area contributed by atoms with Crippen LogP contribution in [-0.2, 0) is 4.74 Å². The van der Waals surface area contributed by atoms with Gasteiger partial charge in [-0.05, 0) is 48.9 Å². The van der Waals surface area contributed by atoms with Gasteiger partial charge in [-0.15, -0.1) is 0 Å². The number of carbonyl (C=O) groups excluding carboxylic acids is 1. The van der Waals surface area contributed by atoms with E-state index >= 15 is 0 Å². The van der Waals surface area contributed by atoms with Crippen LogP contribution < -0.4 is 9.47 Å². The largest absolute Gasteiger partial charge is 0.497 e. The van der Waals surface area contributed by atoms with Crippen LogP contribution >= 0.6 is 0 Å². The van der Waals surface area contributed by atoms with Gasteiger partial charge in [-0.25, -0.2) is 0 Å². The van der Waals surface area contributed by atoms with Gasteiger partial charge in [-0.3, -0.25) is 4.79 Å². The molecule has 116 valence electrons. The molecule has 0 aliphatic heterocycles. The zero-order valence-corrected chi connectivity index (χ0v) is 13.0. The Bertz CT molecular complexity index is 602. The van der Waals surface area contributed by atoms with Crippen molar-refractivity contribution in [1.82, 2.24) is 0 Å². The van der Waals surface area contributed by atoms with E-state index in [1.54, 1.807) is 38.5 Å². The van der Waals surface area contributed by atoms with Crippen LogP contribution in [0.15, 0.2) is 48.5 Å². The number of hydrogen-bond donors (Lipinski definition) is 0. The number of rotatable bonds is 7. The highest BCUT2D eigenvalue weighted by Crippen LogP contribution is 2.25. The summed E-state index contributed by atoms with van der Waals surface area (Å²) >= 11 is 0. The second-order valence-electron chi connectivity index (χ2n) is 4.70. The molecule has 0 aliphatic rings. The van der Waals surface area contributed by atoms with E-state index in [9.17, 15) is 4.79 Å². The molecule has 0 bridgehead atoms. The number of Topliss-reactive ketones (excluding diaryl/α,β-unsaturated/α-hetero) is 1. The average molecular weight is 300 g/mol. The Morgan fingerprint density at radius 3 is 1.86 bits per heavy atom. The van der Waals surface area contributed by atoms with Crippen molar-refractivity contribution in [3.05, 3.63) is 59.7 Å². The molecule has 1 atom stereocenters. The third-order valence-electron chi connectivity index (χ3n) is 3.36. The quantitative estimate of drug-likeness (QED) is 0.732. The molecule has 1 unspecified atom stereocenters. The number of ketones is 1. The molecular formula is C18H20O4. The van der Waals surface area contributed by atoms with E-state index in [4.69, 9.17) is 14.2 Å². The first-order chi connectivity index (χ1) is 10.7. The Kier molecular flexibility index (Phi) is 5.55. The number of ether oxygens (including phenoxy) is 3. The van der Waals surface area contributed by atoms with Crippen LogP contribution in [0.3, 0.4) is 0 Å². The summed E-state index contributed by atoms with van der Waals surface area (Å²) in [5.41, 5.74) is 1.40. The van der Waals surface area contributed by atoms with Crippen molar-refractivity contribution in [1.29, 1.82) is 0 Å². The fourth-order valence-electron chi connectivity index (χ4n) is 2.18. The topological polar surface area (TPSA) is 44.8 Å². The van der Waals surface area contributed by atoms with Crippen LogP contribution in [0, 0.1) is 0 Å². The lowest BCUT2D eigenvalue weighted by atomic mass is 9.99. The summed E-state index contributed by atoms with van der Waals surface area (Å²) in [5, 5.41) is 0. The second-order valence-corrected chi connectivity index (χ2v) is 4.70. The first-order valence-electron chi connectivity index (χ1n) is 7.13. The Morgan fingerprint density at radius 2 is 1.41 bits per heavy atom. The Labute approximate surface area is 130 Å². The van der Waals surface area contributed by atoms with Crippen molar-refractivity contribution in [2.24, 2.45) is 0 Å². The highest BCUT2D eigenvalue weighted by molar-refractivity contribution is 6.00. The molecule has 0 radical (unpaired) electrons. The highest BCUT2D eigenvalue weighted by atomic mass is 16.5. The summed E-state index contributed by atoms with van der Waals surface area (Å²) in [6.07, 6.45) is -0.621.